The van der Waals surface area contributed by atoms with E-state index in [1.165, 1.54) is 0 Å². The molecular formula is C10H9BrClN3S. The summed E-state index contributed by atoms with van der Waals surface area (Å²) in [6, 6.07) is 1.94. The van der Waals surface area contributed by atoms with E-state index in [1.807, 2.05) is 18.4 Å². The van der Waals surface area contributed by atoms with Gasteiger partial charge in [-0.2, -0.15) is 0 Å². The Hall–Kier alpha value is -0.650. The second-order valence-electron chi connectivity index (χ2n) is 3.22. The molecule has 0 spiro atoms. The van der Waals surface area contributed by atoms with Gasteiger partial charge in [-0.05, 0) is 28.9 Å². The zero-order chi connectivity index (χ0) is 11.5. The smallest absolute Gasteiger partial charge is 0.140 e. The third-order valence-electron chi connectivity index (χ3n) is 1.98. The van der Waals surface area contributed by atoms with Crippen LogP contribution in [0.5, 0.6) is 0 Å². The first-order chi connectivity index (χ1) is 7.66. The van der Waals surface area contributed by atoms with Crippen LogP contribution in [0, 0.1) is 0 Å². The molecule has 0 bridgehead atoms. The molecule has 0 amide bonds. The fourth-order valence-electron chi connectivity index (χ4n) is 1.24. The summed E-state index contributed by atoms with van der Waals surface area (Å²) in [6.45, 7) is 2.04. The van der Waals surface area contributed by atoms with Crippen LogP contribution in [0.15, 0.2) is 28.3 Å². The number of nitrogens with one attached hydrogen (secondary N) is 1. The minimum atomic E-state index is 0.130. The standard InChI is InChI=1S/C10H9BrClN3S/c1-6(10-13-2-3-16-10)15-9-8(11)4-7(12)5-14-9/h2-6H,1H3,(H,14,15). The van der Waals surface area contributed by atoms with E-state index in [0.29, 0.717) is 5.02 Å². The maximum atomic E-state index is 5.82. The highest BCUT2D eigenvalue weighted by atomic mass is 79.9. The van der Waals surface area contributed by atoms with Gasteiger partial charge in [0.25, 0.3) is 0 Å². The van der Waals surface area contributed by atoms with Gasteiger partial charge in [0, 0.05) is 17.8 Å². The number of hydrogen-bond donors (Lipinski definition) is 1. The van der Waals surface area contributed by atoms with E-state index >= 15 is 0 Å². The first kappa shape index (κ1) is 11.8. The highest BCUT2D eigenvalue weighted by molar-refractivity contribution is 9.10. The zero-order valence-corrected chi connectivity index (χ0v) is 11.6. The summed E-state index contributed by atoms with van der Waals surface area (Å²) in [4.78, 5) is 8.46. The van der Waals surface area contributed by atoms with Gasteiger partial charge in [-0.1, -0.05) is 11.6 Å². The summed E-state index contributed by atoms with van der Waals surface area (Å²) in [7, 11) is 0. The normalized spacial score (nSPS) is 12.4. The van der Waals surface area contributed by atoms with Crippen molar-refractivity contribution in [1.29, 1.82) is 0 Å². The van der Waals surface area contributed by atoms with Gasteiger partial charge in [-0.3, -0.25) is 0 Å². The molecule has 0 radical (unpaired) electrons. The summed E-state index contributed by atoms with van der Waals surface area (Å²) in [5, 5.41) is 6.87. The van der Waals surface area contributed by atoms with Crippen molar-refractivity contribution in [2.75, 3.05) is 5.32 Å². The van der Waals surface area contributed by atoms with Crippen LogP contribution in [-0.4, -0.2) is 9.97 Å². The fourth-order valence-corrected chi connectivity index (χ4v) is 2.63. The average molecular weight is 319 g/mol. The molecule has 0 saturated carbocycles. The van der Waals surface area contributed by atoms with Gasteiger partial charge in [-0.15, -0.1) is 11.3 Å². The molecule has 3 nitrogen and oxygen atoms in total. The molecule has 0 aliphatic rings. The fraction of sp³-hybridized carbons (Fsp3) is 0.200. The van der Waals surface area contributed by atoms with Crippen LogP contribution >= 0.6 is 38.9 Å². The lowest BCUT2D eigenvalue weighted by Gasteiger charge is -2.13. The molecule has 1 N–H and O–H groups in total. The second-order valence-corrected chi connectivity index (χ2v) is 5.44. The molecule has 0 aliphatic carbocycles. The molecule has 0 fully saturated rings. The van der Waals surface area contributed by atoms with Crippen LogP contribution in [-0.2, 0) is 0 Å². The lowest BCUT2D eigenvalue weighted by atomic mass is 10.3. The quantitative estimate of drug-likeness (QED) is 0.924. The molecule has 0 aliphatic heterocycles. The van der Waals surface area contributed by atoms with E-state index in [2.05, 4.69) is 31.2 Å². The number of rotatable bonds is 3. The Morgan fingerprint density at radius 3 is 2.94 bits per heavy atom. The monoisotopic (exact) mass is 317 g/mol. The van der Waals surface area contributed by atoms with E-state index in [1.54, 1.807) is 23.7 Å². The predicted molar refractivity (Wildman–Crippen MR) is 71.1 cm³/mol. The molecule has 0 saturated heterocycles. The van der Waals surface area contributed by atoms with Crippen molar-refractivity contribution in [1.82, 2.24) is 9.97 Å². The first-order valence-corrected chi connectivity index (χ1v) is 6.69. The van der Waals surface area contributed by atoms with E-state index < -0.39 is 0 Å². The highest BCUT2D eigenvalue weighted by Gasteiger charge is 2.10. The van der Waals surface area contributed by atoms with Crippen LogP contribution in [0.3, 0.4) is 0 Å². The molecule has 6 heteroatoms. The van der Waals surface area contributed by atoms with Crippen LogP contribution < -0.4 is 5.32 Å². The number of nitrogens with zero attached hydrogens (tertiary/aromatic N) is 2. The third-order valence-corrected chi connectivity index (χ3v) is 3.75. The number of pyridine rings is 1. The molecule has 2 aromatic rings. The van der Waals surface area contributed by atoms with E-state index in [9.17, 15) is 0 Å². The first-order valence-electron chi connectivity index (χ1n) is 4.64. The van der Waals surface area contributed by atoms with Gasteiger partial charge in [0.2, 0.25) is 0 Å². The van der Waals surface area contributed by atoms with Crippen molar-refractivity contribution in [3.8, 4) is 0 Å². The Labute approximate surface area is 111 Å². The Bertz CT molecular complexity index is 475. The van der Waals surface area contributed by atoms with E-state index in [4.69, 9.17) is 11.6 Å². The van der Waals surface area contributed by atoms with Crippen molar-refractivity contribution in [3.63, 3.8) is 0 Å². The van der Waals surface area contributed by atoms with Gasteiger partial charge in [0.05, 0.1) is 15.5 Å². The molecule has 0 aromatic carbocycles. The number of hydrogen-bond acceptors (Lipinski definition) is 4. The second kappa shape index (κ2) is 5.12. The van der Waals surface area contributed by atoms with E-state index in [0.717, 1.165) is 15.3 Å². The summed E-state index contributed by atoms with van der Waals surface area (Å²) >= 11 is 10.9. The predicted octanol–water partition coefficient (Wildman–Crippen LogP) is 4.13. The Morgan fingerprint density at radius 2 is 2.31 bits per heavy atom. The van der Waals surface area contributed by atoms with Crippen molar-refractivity contribution in [3.05, 3.63) is 38.3 Å². The summed E-state index contributed by atoms with van der Waals surface area (Å²) in [6.07, 6.45) is 3.41. The van der Waals surface area contributed by atoms with Gasteiger partial charge < -0.3 is 5.32 Å². The summed E-state index contributed by atoms with van der Waals surface area (Å²) < 4.78 is 0.850. The molecule has 2 heterocycles. The molecule has 84 valence electrons. The topological polar surface area (TPSA) is 37.8 Å². The summed E-state index contributed by atoms with van der Waals surface area (Å²) in [5.74, 6) is 0.770. The molecule has 1 unspecified atom stereocenters. The Balaban J connectivity index is 2.15. The van der Waals surface area contributed by atoms with Crippen molar-refractivity contribution in [2.24, 2.45) is 0 Å². The minimum Gasteiger partial charge on any atom is -0.360 e. The van der Waals surface area contributed by atoms with Gasteiger partial charge in [0.15, 0.2) is 0 Å². The zero-order valence-electron chi connectivity index (χ0n) is 8.45. The number of thiazole rings is 1. The lowest BCUT2D eigenvalue weighted by molar-refractivity contribution is 0.859. The minimum absolute atomic E-state index is 0.130. The number of anilines is 1. The SMILES string of the molecule is CC(Nc1ncc(Cl)cc1Br)c1nccs1. The highest BCUT2D eigenvalue weighted by Crippen LogP contribution is 2.27. The van der Waals surface area contributed by atoms with Crippen LogP contribution in [0.25, 0.3) is 0 Å². The van der Waals surface area contributed by atoms with Crippen molar-refractivity contribution >= 4 is 44.7 Å². The van der Waals surface area contributed by atoms with Gasteiger partial charge in [0.1, 0.15) is 10.8 Å². The maximum Gasteiger partial charge on any atom is 0.140 e. The maximum absolute atomic E-state index is 5.82. The third kappa shape index (κ3) is 2.72. The Kier molecular flexibility index (Phi) is 3.78. The van der Waals surface area contributed by atoms with Crippen molar-refractivity contribution < 1.29 is 0 Å². The average Bonchev–Trinajstić information content (AvgIpc) is 2.75. The van der Waals surface area contributed by atoms with E-state index in [-0.39, 0.29) is 6.04 Å². The van der Waals surface area contributed by atoms with Gasteiger partial charge >= 0.3 is 0 Å². The van der Waals surface area contributed by atoms with Crippen LogP contribution in [0.1, 0.15) is 18.0 Å². The van der Waals surface area contributed by atoms with Gasteiger partial charge in [-0.25, -0.2) is 9.97 Å². The lowest BCUT2D eigenvalue weighted by Crippen LogP contribution is -2.07. The van der Waals surface area contributed by atoms with Crippen LogP contribution in [0.4, 0.5) is 5.82 Å². The molecular weight excluding hydrogens is 310 g/mol. The molecule has 2 aromatic heterocycles. The largest absolute Gasteiger partial charge is 0.360 e. The Morgan fingerprint density at radius 1 is 1.50 bits per heavy atom. The number of halogens is 2. The van der Waals surface area contributed by atoms with Crippen molar-refractivity contribution in [2.45, 2.75) is 13.0 Å². The summed E-state index contributed by atoms with van der Waals surface area (Å²) in [5.41, 5.74) is 0. The number of aromatic nitrogens is 2. The molecule has 1 atom stereocenters. The molecule has 2 rings (SSSR count). The van der Waals surface area contributed by atoms with Crippen LogP contribution in [0.2, 0.25) is 5.02 Å². The molecule has 16 heavy (non-hydrogen) atoms.